The normalized spacial score (nSPS) is 13.1. The molecule has 1 aromatic rings. The van der Waals surface area contributed by atoms with Gasteiger partial charge in [0, 0.05) is 13.0 Å². The lowest BCUT2D eigenvalue weighted by molar-refractivity contribution is 0.322. The third-order valence-electron chi connectivity index (χ3n) is 1.96. The summed E-state index contributed by atoms with van der Waals surface area (Å²) in [5.41, 5.74) is -0.175. The summed E-state index contributed by atoms with van der Waals surface area (Å²) in [6.45, 7) is 7.97. The molecule has 0 saturated carbocycles. The van der Waals surface area contributed by atoms with Crippen LogP contribution in [0, 0.1) is 5.41 Å². The van der Waals surface area contributed by atoms with Gasteiger partial charge in [0.2, 0.25) is 0 Å². The quantitative estimate of drug-likeness (QED) is 0.762. The highest BCUT2D eigenvalue weighted by molar-refractivity contribution is 7.86. The summed E-state index contributed by atoms with van der Waals surface area (Å²) in [6, 6.07) is 0. The van der Waals surface area contributed by atoms with E-state index in [4.69, 9.17) is 0 Å². The summed E-state index contributed by atoms with van der Waals surface area (Å²) < 4.78 is 36.0. The van der Waals surface area contributed by atoms with Crippen LogP contribution >= 0.6 is 0 Å². The zero-order valence-corrected chi connectivity index (χ0v) is 10.7. The van der Waals surface area contributed by atoms with Crippen LogP contribution in [0.3, 0.4) is 0 Å². The van der Waals surface area contributed by atoms with Crippen LogP contribution in [0.1, 0.15) is 33.5 Å². The van der Waals surface area contributed by atoms with Crippen molar-refractivity contribution in [3.05, 3.63) is 5.82 Å². The highest BCUT2D eigenvalue weighted by Crippen LogP contribution is 2.21. The van der Waals surface area contributed by atoms with E-state index in [9.17, 15) is 12.3 Å². The average Bonchev–Trinajstić information content (AvgIpc) is 2.43. The largest absolute Gasteiger partial charge is 0.368 e. The maximum absolute atomic E-state index is 13.0. The molecule has 0 aliphatic rings. The molecule has 0 atom stereocenters. The third-order valence-corrected chi connectivity index (χ3v) is 2.70. The van der Waals surface area contributed by atoms with Gasteiger partial charge in [0.15, 0.2) is 0 Å². The second-order valence-corrected chi connectivity index (χ2v) is 6.08. The molecule has 1 rings (SSSR count). The fourth-order valence-electron chi connectivity index (χ4n) is 1.39. The zero-order chi connectivity index (χ0) is 12.6. The van der Waals surface area contributed by atoms with Crippen molar-refractivity contribution in [3.8, 4) is 0 Å². The SMILES string of the molecule is CCc1nnc(S(=O)(=O)F)n1CC(C)(C)C. The number of rotatable bonds is 3. The molecule has 0 saturated heterocycles. The zero-order valence-electron chi connectivity index (χ0n) is 9.86. The van der Waals surface area contributed by atoms with Gasteiger partial charge in [-0.2, -0.15) is 8.42 Å². The molecule has 0 fully saturated rings. The Balaban J connectivity index is 3.28. The fourth-order valence-corrected chi connectivity index (χ4v) is 1.97. The predicted molar refractivity (Wildman–Crippen MR) is 57.1 cm³/mol. The van der Waals surface area contributed by atoms with E-state index in [2.05, 4.69) is 10.2 Å². The van der Waals surface area contributed by atoms with E-state index in [1.807, 2.05) is 27.7 Å². The number of aryl methyl sites for hydroxylation is 1. The van der Waals surface area contributed by atoms with Gasteiger partial charge in [-0.3, -0.25) is 4.57 Å². The Morgan fingerprint density at radius 3 is 2.25 bits per heavy atom. The standard InChI is InChI=1S/C9H16FN3O2S/c1-5-7-11-12-8(16(10,14)15)13(7)6-9(2,3)4/h5-6H2,1-4H3. The van der Waals surface area contributed by atoms with E-state index in [1.54, 1.807) is 0 Å². The summed E-state index contributed by atoms with van der Waals surface area (Å²) >= 11 is 0. The number of halogens is 1. The van der Waals surface area contributed by atoms with Crippen LogP contribution in [0.25, 0.3) is 0 Å². The molecule has 7 heteroatoms. The van der Waals surface area contributed by atoms with Gasteiger partial charge in [-0.15, -0.1) is 10.2 Å². The van der Waals surface area contributed by atoms with Crippen molar-refractivity contribution in [1.29, 1.82) is 0 Å². The molecule has 1 heterocycles. The molecule has 0 N–H and O–H groups in total. The minimum atomic E-state index is -4.81. The predicted octanol–water partition coefficient (Wildman–Crippen LogP) is 1.54. The first-order chi connectivity index (χ1) is 7.15. The van der Waals surface area contributed by atoms with Gasteiger partial charge in [0.25, 0.3) is 5.16 Å². The smallest absolute Gasteiger partial charge is 0.299 e. The van der Waals surface area contributed by atoms with Gasteiger partial charge in [-0.05, 0) is 5.41 Å². The summed E-state index contributed by atoms with van der Waals surface area (Å²) in [5.74, 6) is 0.478. The molecular formula is C9H16FN3O2S. The van der Waals surface area contributed by atoms with Crippen molar-refractivity contribution in [1.82, 2.24) is 14.8 Å². The number of nitrogens with zero attached hydrogens (tertiary/aromatic N) is 3. The summed E-state index contributed by atoms with van der Waals surface area (Å²) in [4.78, 5) is 0. The van der Waals surface area contributed by atoms with E-state index in [0.717, 1.165) is 0 Å². The van der Waals surface area contributed by atoms with Gasteiger partial charge < -0.3 is 0 Å². The molecule has 0 aliphatic carbocycles. The number of hydrogen-bond acceptors (Lipinski definition) is 4. The molecule has 0 radical (unpaired) electrons. The van der Waals surface area contributed by atoms with E-state index in [1.165, 1.54) is 4.57 Å². The Labute approximate surface area is 94.9 Å². The molecule has 0 unspecified atom stereocenters. The second kappa shape index (κ2) is 4.12. The summed E-state index contributed by atoms with van der Waals surface area (Å²) in [5, 5.41) is 6.47. The monoisotopic (exact) mass is 249 g/mol. The number of hydrogen-bond donors (Lipinski definition) is 0. The van der Waals surface area contributed by atoms with Crippen molar-refractivity contribution in [3.63, 3.8) is 0 Å². The Bertz CT molecular complexity index is 473. The highest BCUT2D eigenvalue weighted by atomic mass is 32.3. The highest BCUT2D eigenvalue weighted by Gasteiger charge is 2.26. The molecular weight excluding hydrogens is 233 g/mol. The lowest BCUT2D eigenvalue weighted by Gasteiger charge is -2.20. The molecule has 16 heavy (non-hydrogen) atoms. The van der Waals surface area contributed by atoms with Gasteiger partial charge in [0.05, 0.1) is 0 Å². The molecule has 92 valence electrons. The first-order valence-electron chi connectivity index (χ1n) is 5.02. The molecule has 0 bridgehead atoms. The Hall–Kier alpha value is -0.980. The Morgan fingerprint density at radius 2 is 1.88 bits per heavy atom. The molecule has 1 aromatic heterocycles. The summed E-state index contributed by atoms with van der Waals surface area (Å²) in [6.07, 6.45) is 0.513. The second-order valence-electron chi connectivity index (χ2n) is 4.84. The van der Waals surface area contributed by atoms with Gasteiger partial charge in [-0.1, -0.05) is 31.6 Å². The maximum atomic E-state index is 13.0. The maximum Gasteiger partial charge on any atom is 0.368 e. The van der Waals surface area contributed by atoms with E-state index < -0.39 is 15.4 Å². The van der Waals surface area contributed by atoms with Crippen LogP contribution in [0.15, 0.2) is 5.16 Å². The number of aromatic nitrogens is 3. The minimum Gasteiger partial charge on any atom is -0.299 e. The van der Waals surface area contributed by atoms with Crippen molar-refractivity contribution < 1.29 is 12.3 Å². The van der Waals surface area contributed by atoms with E-state index in [0.29, 0.717) is 18.8 Å². The van der Waals surface area contributed by atoms with Crippen LogP contribution in [0.5, 0.6) is 0 Å². The van der Waals surface area contributed by atoms with Crippen LogP contribution in [0.2, 0.25) is 0 Å². The lowest BCUT2D eigenvalue weighted by Crippen LogP contribution is -2.20. The average molecular weight is 249 g/mol. The van der Waals surface area contributed by atoms with Crippen molar-refractivity contribution in [2.75, 3.05) is 0 Å². The van der Waals surface area contributed by atoms with Crippen LogP contribution < -0.4 is 0 Å². The topological polar surface area (TPSA) is 64.8 Å². The lowest BCUT2D eigenvalue weighted by atomic mass is 9.97. The van der Waals surface area contributed by atoms with Gasteiger partial charge in [-0.25, -0.2) is 0 Å². The Morgan fingerprint density at radius 1 is 1.31 bits per heavy atom. The minimum absolute atomic E-state index is 0.175. The fraction of sp³-hybridized carbons (Fsp3) is 0.778. The van der Waals surface area contributed by atoms with E-state index >= 15 is 0 Å². The molecule has 0 spiro atoms. The molecule has 0 aliphatic heterocycles. The van der Waals surface area contributed by atoms with E-state index in [-0.39, 0.29) is 5.41 Å². The van der Waals surface area contributed by atoms with Crippen molar-refractivity contribution >= 4 is 10.2 Å². The van der Waals surface area contributed by atoms with Crippen LogP contribution in [-0.2, 0) is 23.2 Å². The molecule has 0 aromatic carbocycles. The third kappa shape index (κ3) is 3.01. The van der Waals surface area contributed by atoms with Gasteiger partial charge >= 0.3 is 10.2 Å². The molecule has 0 amide bonds. The summed E-state index contributed by atoms with van der Waals surface area (Å²) in [7, 11) is -4.81. The molecule has 5 nitrogen and oxygen atoms in total. The van der Waals surface area contributed by atoms with Crippen molar-refractivity contribution in [2.45, 2.75) is 45.8 Å². The van der Waals surface area contributed by atoms with Gasteiger partial charge in [0.1, 0.15) is 5.82 Å². The first kappa shape index (κ1) is 13.1. The van der Waals surface area contributed by atoms with Crippen LogP contribution in [0.4, 0.5) is 3.89 Å². The van der Waals surface area contributed by atoms with Crippen molar-refractivity contribution in [2.24, 2.45) is 5.41 Å². The Kier molecular flexibility index (Phi) is 3.37. The van der Waals surface area contributed by atoms with Crippen LogP contribution in [-0.4, -0.2) is 23.2 Å². The first-order valence-corrected chi connectivity index (χ1v) is 6.40.